The number of benzene rings is 1. The molecule has 4 nitrogen and oxygen atoms in total. The summed E-state index contributed by atoms with van der Waals surface area (Å²) in [5.74, 6) is -0.483. The van der Waals surface area contributed by atoms with Gasteiger partial charge in [-0.15, -0.1) is 6.58 Å². The van der Waals surface area contributed by atoms with Gasteiger partial charge in [-0.3, -0.25) is 9.59 Å². The van der Waals surface area contributed by atoms with Crippen molar-refractivity contribution in [1.82, 2.24) is 10.6 Å². The minimum Gasteiger partial charge on any atom is -0.349 e. The Labute approximate surface area is 107 Å². The number of carbonyl (C=O) groups excluding carboxylic acids is 2. The quantitative estimate of drug-likeness (QED) is 0.772. The predicted molar refractivity (Wildman–Crippen MR) is 71.3 cm³/mol. The smallest absolute Gasteiger partial charge is 0.251 e. The Morgan fingerprint density at radius 1 is 1.44 bits per heavy atom. The lowest BCUT2D eigenvalue weighted by Gasteiger charge is -2.10. The summed E-state index contributed by atoms with van der Waals surface area (Å²) < 4.78 is 0. The maximum absolute atomic E-state index is 11.7. The van der Waals surface area contributed by atoms with E-state index in [1.807, 2.05) is 26.0 Å². The summed E-state index contributed by atoms with van der Waals surface area (Å²) in [6.07, 6.45) is 1.63. The van der Waals surface area contributed by atoms with E-state index in [1.165, 1.54) is 0 Å². The molecular weight excluding hydrogens is 228 g/mol. The van der Waals surface area contributed by atoms with Crippen LogP contribution in [0, 0.1) is 6.92 Å². The van der Waals surface area contributed by atoms with Crippen LogP contribution < -0.4 is 10.6 Å². The minimum absolute atomic E-state index is 0.0368. The largest absolute Gasteiger partial charge is 0.349 e. The Morgan fingerprint density at radius 3 is 2.78 bits per heavy atom. The summed E-state index contributed by atoms with van der Waals surface area (Å²) in [5.41, 5.74) is 1.56. The second kappa shape index (κ2) is 6.59. The Balaban J connectivity index is 2.46. The molecule has 1 atom stereocenters. The molecule has 96 valence electrons. The van der Waals surface area contributed by atoms with Crippen molar-refractivity contribution < 1.29 is 9.59 Å². The topological polar surface area (TPSA) is 58.2 Å². The molecule has 1 aromatic carbocycles. The van der Waals surface area contributed by atoms with Crippen LogP contribution in [0.3, 0.4) is 0 Å². The average Bonchev–Trinajstić information content (AvgIpc) is 2.35. The van der Waals surface area contributed by atoms with E-state index in [0.717, 1.165) is 5.56 Å². The fourth-order valence-corrected chi connectivity index (χ4v) is 1.41. The van der Waals surface area contributed by atoms with Gasteiger partial charge >= 0.3 is 0 Å². The fourth-order valence-electron chi connectivity index (χ4n) is 1.41. The first kappa shape index (κ1) is 14.0. The van der Waals surface area contributed by atoms with E-state index in [4.69, 9.17) is 0 Å². The molecule has 0 heterocycles. The third-order valence-electron chi connectivity index (χ3n) is 2.43. The first-order chi connectivity index (χ1) is 8.52. The van der Waals surface area contributed by atoms with E-state index < -0.39 is 0 Å². The average molecular weight is 246 g/mol. The maximum atomic E-state index is 11.7. The zero-order chi connectivity index (χ0) is 13.5. The Morgan fingerprint density at radius 2 is 2.17 bits per heavy atom. The van der Waals surface area contributed by atoms with Crippen molar-refractivity contribution in [2.45, 2.75) is 19.9 Å². The van der Waals surface area contributed by atoms with Crippen LogP contribution in [0.15, 0.2) is 36.9 Å². The molecule has 0 aliphatic heterocycles. The van der Waals surface area contributed by atoms with Crippen LogP contribution in [0.5, 0.6) is 0 Å². The summed E-state index contributed by atoms with van der Waals surface area (Å²) in [6.45, 7) is 7.25. The highest BCUT2D eigenvalue weighted by Crippen LogP contribution is 2.03. The Hall–Kier alpha value is -2.10. The van der Waals surface area contributed by atoms with Crippen molar-refractivity contribution in [3.63, 3.8) is 0 Å². The van der Waals surface area contributed by atoms with Crippen LogP contribution in [0.25, 0.3) is 0 Å². The van der Waals surface area contributed by atoms with Gasteiger partial charge in [0, 0.05) is 11.6 Å². The van der Waals surface area contributed by atoms with E-state index in [0.29, 0.717) is 5.56 Å². The van der Waals surface area contributed by atoms with Crippen molar-refractivity contribution in [3.05, 3.63) is 48.0 Å². The molecule has 0 aliphatic carbocycles. The molecule has 0 fully saturated rings. The molecule has 1 rings (SSSR count). The van der Waals surface area contributed by atoms with E-state index >= 15 is 0 Å². The number of hydrogen-bond donors (Lipinski definition) is 2. The molecule has 2 N–H and O–H groups in total. The molecule has 4 heteroatoms. The molecule has 0 bridgehead atoms. The van der Waals surface area contributed by atoms with Gasteiger partial charge < -0.3 is 10.6 Å². The van der Waals surface area contributed by atoms with Crippen LogP contribution in [-0.4, -0.2) is 24.4 Å². The summed E-state index contributed by atoms with van der Waals surface area (Å²) in [6, 6.07) is 7.11. The van der Waals surface area contributed by atoms with Crippen molar-refractivity contribution in [2.75, 3.05) is 6.54 Å². The zero-order valence-corrected chi connectivity index (χ0v) is 10.7. The summed E-state index contributed by atoms with van der Waals surface area (Å²) in [4.78, 5) is 23.2. The third-order valence-corrected chi connectivity index (χ3v) is 2.43. The van der Waals surface area contributed by atoms with Gasteiger partial charge in [0.05, 0.1) is 6.54 Å². The second-order valence-corrected chi connectivity index (χ2v) is 4.14. The number of carbonyl (C=O) groups is 2. The van der Waals surface area contributed by atoms with Crippen LogP contribution in [0.1, 0.15) is 22.8 Å². The molecule has 1 aromatic rings. The summed E-state index contributed by atoms with van der Waals surface area (Å²) in [5, 5.41) is 5.25. The molecule has 0 saturated heterocycles. The van der Waals surface area contributed by atoms with Gasteiger partial charge in [-0.25, -0.2) is 0 Å². The van der Waals surface area contributed by atoms with Crippen molar-refractivity contribution >= 4 is 11.8 Å². The molecule has 2 amide bonds. The van der Waals surface area contributed by atoms with Gasteiger partial charge in [-0.2, -0.15) is 0 Å². The second-order valence-electron chi connectivity index (χ2n) is 4.14. The molecule has 18 heavy (non-hydrogen) atoms. The molecule has 0 spiro atoms. The van der Waals surface area contributed by atoms with Crippen molar-refractivity contribution in [2.24, 2.45) is 0 Å². The summed E-state index contributed by atoms with van der Waals surface area (Å²) in [7, 11) is 0. The van der Waals surface area contributed by atoms with Crippen LogP contribution in [0.2, 0.25) is 0 Å². The normalized spacial score (nSPS) is 11.4. The first-order valence-corrected chi connectivity index (χ1v) is 5.79. The van der Waals surface area contributed by atoms with Crippen molar-refractivity contribution in [3.8, 4) is 0 Å². The Kier molecular flexibility index (Phi) is 5.11. The van der Waals surface area contributed by atoms with Gasteiger partial charge in [0.15, 0.2) is 0 Å². The van der Waals surface area contributed by atoms with Crippen LogP contribution in [-0.2, 0) is 4.79 Å². The van der Waals surface area contributed by atoms with Gasteiger partial charge in [-0.05, 0) is 26.0 Å². The highest BCUT2D eigenvalue weighted by atomic mass is 16.2. The van der Waals surface area contributed by atoms with E-state index in [-0.39, 0.29) is 24.4 Å². The fraction of sp³-hybridized carbons (Fsp3) is 0.286. The molecule has 0 aliphatic rings. The molecule has 1 unspecified atom stereocenters. The van der Waals surface area contributed by atoms with E-state index in [9.17, 15) is 9.59 Å². The molecule has 0 aromatic heterocycles. The number of hydrogen-bond acceptors (Lipinski definition) is 2. The van der Waals surface area contributed by atoms with Gasteiger partial charge in [0.2, 0.25) is 5.91 Å². The number of amides is 2. The predicted octanol–water partition coefficient (Wildman–Crippen LogP) is 1.42. The molecule has 0 radical (unpaired) electrons. The maximum Gasteiger partial charge on any atom is 0.251 e. The monoisotopic (exact) mass is 246 g/mol. The van der Waals surface area contributed by atoms with Gasteiger partial charge in [0.1, 0.15) is 0 Å². The van der Waals surface area contributed by atoms with Gasteiger partial charge in [0.25, 0.3) is 5.91 Å². The number of nitrogens with one attached hydrogen (secondary N) is 2. The van der Waals surface area contributed by atoms with Crippen LogP contribution >= 0.6 is 0 Å². The third kappa shape index (κ3) is 4.41. The highest BCUT2D eigenvalue weighted by Gasteiger charge is 2.08. The zero-order valence-electron chi connectivity index (χ0n) is 10.7. The van der Waals surface area contributed by atoms with Crippen LogP contribution in [0.4, 0.5) is 0 Å². The number of aryl methyl sites for hydroxylation is 1. The molecular formula is C14H18N2O2. The highest BCUT2D eigenvalue weighted by molar-refractivity contribution is 5.96. The SMILES string of the molecule is C=CC(C)NC(=O)CNC(=O)c1cccc(C)c1. The Bertz CT molecular complexity index is 455. The standard InChI is InChI=1S/C14H18N2O2/c1-4-11(3)16-13(17)9-15-14(18)12-7-5-6-10(2)8-12/h4-8,11H,1,9H2,2-3H3,(H,15,18)(H,16,17). The first-order valence-electron chi connectivity index (χ1n) is 5.79. The molecule has 0 saturated carbocycles. The minimum atomic E-state index is -0.250. The van der Waals surface area contributed by atoms with E-state index in [1.54, 1.807) is 18.2 Å². The lowest BCUT2D eigenvalue weighted by molar-refractivity contribution is -0.120. The van der Waals surface area contributed by atoms with Crippen molar-refractivity contribution in [1.29, 1.82) is 0 Å². The number of rotatable bonds is 5. The van der Waals surface area contributed by atoms with Gasteiger partial charge in [-0.1, -0.05) is 23.8 Å². The lowest BCUT2D eigenvalue weighted by Crippen LogP contribution is -2.40. The van der Waals surface area contributed by atoms with E-state index in [2.05, 4.69) is 17.2 Å². The summed E-state index contributed by atoms with van der Waals surface area (Å²) >= 11 is 0. The lowest BCUT2D eigenvalue weighted by atomic mass is 10.1.